The van der Waals surface area contributed by atoms with Crippen molar-refractivity contribution in [1.82, 2.24) is 19.7 Å². The van der Waals surface area contributed by atoms with Gasteiger partial charge in [0.15, 0.2) is 5.82 Å². The average molecular weight is 288 g/mol. The molecule has 1 N–H and O–H groups in total. The molecule has 1 amide bonds. The van der Waals surface area contributed by atoms with E-state index >= 15 is 0 Å². The molecular formula is C14H16N4O3. The van der Waals surface area contributed by atoms with Gasteiger partial charge in [-0.15, -0.1) is 10.2 Å². The second kappa shape index (κ2) is 4.41. The number of carboxylic acids is 1. The fourth-order valence-corrected chi connectivity index (χ4v) is 3.96. The number of rotatable bonds is 2. The topological polar surface area (TPSA) is 88.3 Å². The van der Waals surface area contributed by atoms with Gasteiger partial charge in [-0.1, -0.05) is 12.2 Å². The number of amides is 1. The largest absolute Gasteiger partial charge is 0.481 e. The number of carbonyl (C=O) groups is 2. The number of hydrogen-bond acceptors (Lipinski definition) is 4. The molecule has 0 saturated heterocycles. The monoisotopic (exact) mass is 288 g/mol. The Bertz CT molecular complexity index is 638. The van der Waals surface area contributed by atoms with Crippen molar-refractivity contribution >= 4 is 11.9 Å². The van der Waals surface area contributed by atoms with Gasteiger partial charge in [0, 0.05) is 13.1 Å². The Morgan fingerprint density at radius 1 is 1.19 bits per heavy atom. The first-order valence-corrected chi connectivity index (χ1v) is 7.22. The summed E-state index contributed by atoms with van der Waals surface area (Å²) in [4.78, 5) is 26.1. The molecule has 1 saturated carbocycles. The Kier molecular flexibility index (Phi) is 2.63. The van der Waals surface area contributed by atoms with Crippen LogP contribution < -0.4 is 0 Å². The lowest BCUT2D eigenvalue weighted by molar-refractivity contribution is -0.151. The van der Waals surface area contributed by atoms with E-state index in [0.717, 1.165) is 12.2 Å². The molecule has 110 valence electrons. The van der Waals surface area contributed by atoms with Crippen LogP contribution in [0, 0.1) is 23.7 Å². The normalized spacial score (nSPS) is 33.2. The summed E-state index contributed by atoms with van der Waals surface area (Å²) in [7, 11) is 0. The van der Waals surface area contributed by atoms with E-state index < -0.39 is 17.8 Å². The van der Waals surface area contributed by atoms with Crippen molar-refractivity contribution in [1.29, 1.82) is 0 Å². The molecule has 7 heteroatoms. The van der Waals surface area contributed by atoms with Crippen LogP contribution in [-0.2, 0) is 22.7 Å². The summed E-state index contributed by atoms with van der Waals surface area (Å²) in [5.41, 5.74) is 0. The van der Waals surface area contributed by atoms with Crippen molar-refractivity contribution in [2.24, 2.45) is 23.7 Å². The third-order valence-electron chi connectivity index (χ3n) is 4.98. The van der Waals surface area contributed by atoms with E-state index in [9.17, 15) is 14.7 Å². The Labute approximate surface area is 121 Å². The summed E-state index contributed by atoms with van der Waals surface area (Å²) >= 11 is 0. The molecule has 0 spiro atoms. The minimum atomic E-state index is -0.856. The summed E-state index contributed by atoms with van der Waals surface area (Å²) in [5.74, 6) is -1.06. The summed E-state index contributed by atoms with van der Waals surface area (Å²) in [6, 6.07) is 0. The third kappa shape index (κ3) is 1.80. The Balaban J connectivity index is 1.58. The highest BCUT2D eigenvalue weighted by Crippen LogP contribution is 2.48. The van der Waals surface area contributed by atoms with E-state index in [-0.39, 0.29) is 17.7 Å². The number of aliphatic carboxylic acids is 1. The van der Waals surface area contributed by atoms with Crippen LogP contribution in [0.15, 0.2) is 18.5 Å². The highest BCUT2D eigenvalue weighted by molar-refractivity contribution is 5.87. The molecule has 0 aromatic carbocycles. The molecule has 21 heavy (non-hydrogen) atoms. The molecule has 3 aliphatic rings. The number of allylic oxidation sites excluding steroid dienone is 2. The molecule has 4 rings (SSSR count). The fourth-order valence-electron chi connectivity index (χ4n) is 3.96. The Hall–Kier alpha value is -2.18. The average Bonchev–Trinajstić information content (AvgIpc) is 3.19. The molecule has 7 nitrogen and oxygen atoms in total. The molecule has 0 radical (unpaired) electrons. The molecule has 2 bridgehead atoms. The molecule has 4 unspecified atom stereocenters. The summed E-state index contributed by atoms with van der Waals surface area (Å²) < 4.78 is 1.93. The van der Waals surface area contributed by atoms with E-state index in [0.29, 0.717) is 19.6 Å². The summed E-state index contributed by atoms with van der Waals surface area (Å²) in [6.07, 6.45) is 6.42. The van der Waals surface area contributed by atoms with E-state index in [2.05, 4.69) is 10.2 Å². The molecule has 4 atom stereocenters. The van der Waals surface area contributed by atoms with Crippen LogP contribution in [0.5, 0.6) is 0 Å². The lowest BCUT2D eigenvalue weighted by Gasteiger charge is -2.33. The maximum Gasteiger partial charge on any atom is 0.307 e. The predicted molar refractivity (Wildman–Crippen MR) is 70.8 cm³/mol. The van der Waals surface area contributed by atoms with Crippen LogP contribution in [0.2, 0.25) is 0 Å². The Morgan fingerprint density at radius 3 is 2.71 bits per heavy atom. The van der Waals surface area contributed by atoms with Crippen LogP contribution in [0.25, 0.3) is 0 Å². The van der Waals surface area contributed by atoms with E-state index in [1.807, 2.05) is 16.7 Å². The van der Waals surface area contributed by atoms with Crippen molar-refractivity contribution in [2.45, 2.75) is 19.5 Å². The van der Waals surface area contributed by atoms with Crippen molar-refractivity contribution in [3.05, 3.63) is 24.3 Å². The first kappa shape index (κ1) is 12.6. The zero-order chi connectivity index (χ0) is 14.6. The fraction of sp³-hybridized carbons (Fsp3) is 0.571. The van der Waals surface area contributed by atoms with Gasteiger partial charge in [0.1, 0.15) is 6.33 Å². The van der Waals surface area contributed by atoms with Gasteiger partial charge >= 0.3 is 5.97 Å². The van der Waals surface area contributed by atoms with Crippen LogP contribution in [-0.4, -0.2) is 43.2 Å². The van der Waals surface area contributed by atoms with Gasteiger partial charge in [-0.25, -0.2) is 0 Å². The first-order chi connectivity index (χ1) is 10.1. The van der Waals surface area contributed by atoms with E-state index in [1.54, 1.807) is 11.2 Å². The van der Waals surface area contributed by atoms with Gasteiger partial charge in [-0.2, -0.15) is 0 Å². The van der Waals surface area contributed by atoms with Crippen molar-refractivity contribution in [3.63, 3.8) is 0 Å². The maximum atomic E-state index is 12.8. The van der Waals surface area contributed by atoms with Gasteiger partial charge < -0.3 is 14.6 Å². The quantitative estimate of drug-likeness (QED) is 0.782. The summed E-state index contributed by atoms with van der Waals surface area (Å²) in [5, 5.41) is 17.3. The number of carboxylic acid groups (broad SMARTS) is 1. The van der Waals surface area contributed by atoms with Gasteiger partial charge in [0.25, 0.3) is 0 Å². The van der Waals surface area contributed by atoms with Gasteiger partial charge in [0.05, 0.1) is 18.4 Å². The van der Waals surface area contributed by atoms with Gasteiger partial charge in [0.2, 0.25) is 5.91 Å². The third-order valence-corrected chi connectivity index (χ3v) is 4.98. The minimum Gasteiger partial charge on any atom is -0.481 e. The molecule has 1 aliphatic heterocycles. The zero-order valence-electron chi connectivity index (χ0n) is 11.4. The molecule has 2 heterocycles. The molecule has 2 aliphatic carbocycles. The number of aromatic nitrogens is 3. The molecule has 1 aromatic rings. The number of fused-ring (bicyclic) bond motifs is 3. The molecule has 1 aromatic heterocycles. The number of carbonyl (C=O) groups excluding carboxylic acids is 1. The Morgan fingerprint density at radius 2 is 1.95 bits per heavy atom. The van der Waals surface area contributed by atoms with Crippen molar-refractivity contribution < 1.29 is 14.7 Å². The lowest BCUT2D eigenvalue weighted by atomic mass is 9.82. The van der Waals surface area contributed by atoms with Gasteiger partial charge in [-0.05, 0) is 18.3 Å². The number of nitrogens with zero attached hydrogens (tertiary/aromatic N) is 4. The predicted octanol–water partition coefficient (Wildman–Crippen LogP) is 0.143. The molecular weight excluding hydrogens is 272 g/mol. The second-order valence-corrected chi connectivity index (χ2v) is 6.04. The maximum absolute atomic E-state index is 12.8. The van der Waals surface area contributed by atoms with E-state index in [4.69, 9.17) is 0 Å². The molecule has 1 fully saturated rings. The highest BCUT2D eigenvalue weighted by atomic mass is 16.4. The lowest BCUT2D eigenvalue weighted by Crippen LogP contribution is -2.45. The van der Waals surface area contributed by atoms with E-state index in [1.165, 1.54) is 0 Å². The smallest absolute Gasteiger partial charge is 0.307 e. The second-order valence-electron chi connectivity index (χ2n) is 6.04. The zero-order valence-corrected chi connectivity index (χ0v) is 11.4. The standard InChI is InChI=1S/C14H16N4O3/c19-13(17-3-4-18-7-15-16-10(18)6-17)11-8-1-2-9(5-8)12(11)14(20)21/h1-2,7-9,11-12H,3-6H2,(H,20,21). The van der Waals surface area contributed by atoms with Gasteiger partial charge in [-0.3, -0.25) is 9.59 Å². The summed E-state index contributed by atoms with van der Waals surface area (Å²) in [6.45, 7) is 1.68. The van der Waals surface area contributed by atoms with Crippen LogP contribution in [0.4, 0.5) is 0 Å². The van der Waals surface area contributed by atoms with Crippen molar-refractivity contribution in [2.75, 3.05) is 6.54 Å². The first-order valence-electron chi connectivity index (χ1n) is 7.22. The number of hydrogen-bond donors (Lipinski definition) is 1. The van der Waals surface area contributed by atoms with Crippen LogP contribution >= 0.6 is 0 Å². The SMILES string of the molecule is O=C(O)C1C2C=CC(C2)C1C(=O)N1CCn2cnnc2C1. The minimum absolute atomic E-state index is 0.00916. The van der Waals surface area contributed by atoms with Crippen LogP contribution in [0.1, 0.15) is 12.2 Å². The highest BCUT2D eigenvalue weighted by Gasteiger charge is 2.52. The van der Waals surface area contributed by atoms with Crippen LogP contribution in [0.3, 0.4) is 0 Å². The van der Waals surface area contributed by atoms with Crippen molar-refractivity contribution in [3.8, 4) is 0 Å².